The second-order valence-corrected chi connectivity index (χ2v) is 4.75. The molecule has 0 spiro atoms. The van der Waals surface area contributed by atoms with E-state index in [-0.39, 0.29) is 5.91 Å². The fourth-order valence-corrected chi connectivity index (χ4v) is 1.81. The van der Waals surface area contributed by atoms with Crippen LogP contribution >= 0.6 is 23.8 Å². The van der Waals surface area contributed by atoms with E-state index in [4.69, 9.17) is 29.6 Å². The molecule has 3 N–H and O–H groups in total. The van der Waals surface area contributed by atoms with Crippen LogP contribution in [-0.2, 0) is 0 Å². The van der Waals surface area contributed by atoms with E-state index in [0.29, 0.717) is 28.5 Å². The van der Waals surface area contributed by atoms with Gasteiger partial charge in [0.15, 0.2) is 0 Å². The highest BCUT2D eigenvalue weighted by Crippen LogP contribution is 2.14. The molecule has 0 aromatic heterocycles. The quantitative estimate of drug-likeness (QED) is 0.638. The predicted molar refractivity (Wildman–Crippen MR) is 74.5 cm³/mol. The largest absolute Gasteiger partial charge is 0.393 e. The molecule has 0 aliphatic heterocycles. The van der Waals surface area contributed by atoms with Crippen LogP contribution in [0.1, 0.15) is 28.8 Å². The van der Waals surface area contributed by atoms with Gasteiger partial charge in [-0.1, -0.05) is 23.8 Å². The van der Waals surface area contributed by atoms with Crippen molar-refractivity contribution in [3.05, 3.63) is 34.3 Å². The minimum absolute atomic E-state index is 0.0953. The molecule has 3 nitrogen and oxygen atoms in total. The number of amides is 1. The Kier molecular flexibility index (Phi) is 5.38. The summed E-state index contributed by atoms with van der Waals surface area (Å²) in [4.78, 5) is 12.3. The van der Waals surface area contributed by atoms with Crippen LogP contribution in [0.5, 0.6) is 0 Å². The highest BCUT2D eigenvalue weighted by Gasteiger charge is 2.08. The molecule has 5 heteroatoms. The van der Waals surface area contributed by atoms with E-state index in [1.165, 1.54) is 0 Å². The zero-order chi connectivity index (χ0) is 12.8. The fraction of sp³-hybridized carbons (Fsp3) is 0.333. The fourth-order valence-electron chi connectivity index (χ4n) is 1.44. The number of carbonyl (C=O) groups is 1. The molecule has 0 atom stereocenters. The van der Waals surface area contributed by atoms with Crippen LogP contribution in [0.2, 0.25) is 5.02 Å². The van der Waals surface area contributed by atoms with Gasteiger partial charge in [0.1, 0.15) is 0 Å². The molecule has 1 aromatic carbocycles. The zero-order valence-corrected chi connectivity index (χ0v) is 11.2. The van der Waals surface area contributed by atoms with Crippen LogP contribution in [0.25, 0.3) is 0 Å². The minimum Gasteiger partial charge on any atom is -0.393 e. The van der Waals surface area contributed by atoms with Crippen molar-refractivity contribution in [2.45, 2.75) is 19.8 Å². The van der Waals surface area contributed by atoms with E-state index in [2.05, 4.69) is 5.32 Å². The van der Waals surface area contributed by atoms with Gasteiger partial charge in [-0.2, -0.15) is 0 Å². The maximum Gasteiger partial charge on any atom is 0.251 e. The topological polar surface area (TPSA) is 55.1 Å². The number of aryl methyl sites for hydroxylation is 1. The van der Waals surface area contributed by atoms with Gasteiger partial charge in [0.25, 0.3) is 5.91 Å². The van der Waals surface area contributed by atoms with Gasteiger partial charge < -0.3 is 11.1 Å². The number of nitrogens with two attached hydrogens (primary N) is 1. The van der Waals surface area contributed by atoms with Gasteiger partial charge in [-0.25, -0.2) is 0 Å². The average molecular weight is 271 g/mol. The molecule has 1 rings (SSSR count). The second-order valence-electron chi connectivity index (χ2n) is 3.79. The van der Waals surface area contributed by atoms with E-state index in [1.807, 2.05) is 6.92 Å². The predicted octanol–water partition coefficient (Wildman–Crippen LogP) is 2.44. The first-order valence-electron chi connectivity index (χ1n) is 5.33. The molecule has 0 aliphatic carbocycles. The average Bonchev–Trinajstić information content (AvgIpc) is 2.23. The highest BCUT2D eigenvalue weighted by atomic mass is 35.5. The SMILES string of the molecule is Cc1cc(Cl)ccc1C(=O)NCCCC(N)=S. The summed E-state index contributed by atoms with van der Waals surface area (Å²) in [6.07, 6.45) is 1.41. The number of hydrogen-bond acceptors (Lipinski definition) is 2. The number of carbonyl (C=O) groups excluding carboxylic acids is 1. The highest BCUT2D eigenvalue weighted by molar-refractivity contribution is 7.80. The van der Waals surface area contributed by atoms with Crippen LogP contribution < -0.4 is 11.1 Å². The maximum absolute atomic E-state index is 11.8. The maximum atomic E-state index is 11.8. The molecule has 0 aliphatic rings. The summed E-state index contributed by atoms with van der Waals surface area (Å²) in [5, 5.41) is 3.45. The van der Waals surface area contributed by atoms with Gasteiger partial charge in [0, 0.05) is 17.1 Å². The van der Waals surface area contributed by atoms with Gasteiger partial charge in [0.05, 0.1) is 4.99 Å². The van der Waals surface area contributed by atoms with Gasteiger partial charge in [0.2, 0.25) is 0 Å². The third-order valence-electron chi connectivity index (χ3n) is 2.32. The number of halogens is 1. The molecule has 0 saturated heterocycles. The first kappa shape index (κ1) is 13.9. The Hall–Kier alpha value is -1.13. The number of rotatable bonds is 5. The summed E-state index contributed by atoms with van der Waals surface area (Å²) in [6.45, 7) is 2.42. The van der Waals surface area contributed by atoms with Crippen molar-refractivity contribution in [2.75, 3.05) is 6.54 Å². The Morgan fingerprint density at radius 2 is 2.24 bits per heavy atom. The molecule has 0 heterocycles. The van der Waals surface area contributed by atoms with Crippen LogP contribution in [0.3, 0.4) is 0 Å². The van der Waals surface area contributed by atoms with E-state index in [0.717, 1.165) is 12.0 Å². The summed E-state index contributed by atoms with van der Waals surface area (Å²) in [5.74, 6) is -0.0953. The Balaban J connectivity index is 2.50. The lowest BCUT2D eigenvalue weighted by Crippen LogP contribution is -2.26. The standard InChI is InChI=1S/C12H15ClN2OS/c1-8-7-9(13)4-5-10(8)12(16)15-6-2-3-11(14)17/h4-5,7H,2-3,6H2,1H3,(H2,14,17)(H,15,16). The molecule has 0 saturated carbocycles. The van der Waals surface area contributed by atoms with E-state index >= 15 is 0 Å². The van der Waals surface area contributed by atoms with Crippen LogP contribution in [0.4, 0.5) is 0 Å². The monoisotopic (exact) mass is 270 g/mol. The zero-order valence-electron chi connectivity index (χ0n) is 9.63. The van der Waals surface area contributed by atoms with E-state index in [1.54, 1.807) is 18.2 Å². The molecule has 0 unspecified atom stereocenters. The van der Waals surface area contributed by atoms with Gasteiger partial charge >= 0.3 is 0 Å². The molecular formula is C12H15ClN2OS. The van der Waals surface area contributed by atoms with Crippen molar-refractivity contribution >= 4 is 34.7 Å². The lowest BCUT2D eigenvalue weighted by molar-refractivity contribution is 0.0953. The second kappa shape index (κ2) is 6.57. The molecule has 0 fully saturated rings. The van der Waals surface area contributed by atoms with Crippen LogP contribution in [-0.4, -0.2) is 17.4 Å². The third kappa shape index (κ3) is 4.71. The molecule has 0 bridgehead atoms. The van der Waals surface area contributed by atoms with Crippen molar-refractivity contribution in [3.8, 4) is 0 Å². The summed E-state index contributed by atoms with van der Waals surface area (Å²) < 4.78 is 0. The summed E-state index contributed by atoms with van der Waals surface area (Å²) in [6, 6.07) is 5.20. The number of nitrogens with one attached hydrogen (secondary N) is 1. The molecule has 92 valence electrons. The van der Waals surface area contributed by atoms with E-state index < -0.39 is 0 Å². The third-order valence-corrected chi connectivity index (χ3v) is 2.76. The van der Waals surface area contributed by atoms with Crippen molar-refractivity contribution in [3.63, 3.8) is 0 Å². The lowest BCUT2D eigenvalue weighted by Gasteiger charge is -2.07. The van der Waals surface area contributed by atoms with Crippen LogP contribution in [0, 0.1) is 6.92 Å². The van der Waals surface area contributed by atoms with E-state index in [9.17, 15) is 4.79 Å². The minimum atomic E-state index is -0.0953. The summed E-state index contributed by atoms with van der Waals surface area (Å²) >= 11 is 10.6. The number of hydrogen-bond donors (Lipinski definition) is 2. The molecular weight excluding hydrogens is 256 g/mol. The normalized spacial score (nSPS) is 10.0. The van der Waals surface area contributed by atoms with Gasteiger partial charge in [-0.3, -0.25) is 4.79 Å². The first-order valence-corrected chi connectivity index (χ1v) is 6.12. The number of benzene rings is 1. The van der Waals surface area contributed by atoms with Crippen molar-refractivity contribution < 1.29 is 4.79 Å². The van der Waals surface area contributed by atoms with Gasteiger partial charge in [-0.05, 0) is 43.5 Å². The molecule has 0 radical (unpaired) electrons. The number of thiocarbonyl (C=S) groups is 1. The first-order chi connectivity index (χ1) is 8.00. The lowest BCUT2D eigenvalue weighted by atomic mass is 10.1. The smallest absolute Gasteiger partial charge is 0.251 e. The Labute approximate surface area is 111 Å². The Morgan fingerprint density at radius 1 is 1.53 bits per heavy atom. The molecule has 17 heavy (non-hydrogen) atoms. The summed E-state index contributed by atoms with van der Waals surface area (Å²) in [7, 11) is 0. The molecule has 1 amide bonds. The van der Waals surface area contributed by atoms with Crippen LogP contribution in [0.15, 0.2) is 18.2 Å². The summed E-state index contributed by atoms with van der Waals surface area (Å²) in [5.41, 5.74) is 6.87. The van der Waals surface area contributed by atoms with Crippen molar-refractivity contribution in [2.24, 2.45) is 5.73 Å². The Morgan fingerprint density at radius 3 is 2.82 bits per heavy atom. The van der Waals surface area contributed by atoms with Crippen molar-refractivity contribution in [1.29, 1.82) is 0 Å². The van der Waals surface area contributed by atoms with Crippen molar-refractivity contribution in [1.82, 2.24) is 5.32 Å². The van der Waals surface area contributed by atoms with Gasteiger partial charge in [-0.15, -0.1) is 0 Å². The molecule has 1 aromatic rings. The Bertz CT molecular complexity index is 435.